The summed E-state index contributed by atoms with van der Waals surface area (Å²) >= 11 is 3.17. The highest BCUT2D eigenvalue weighted by atomic mass is 79.9. The zero-order valence-corrected chi connectivity index (χ0v) is 8.93. The zero-order valence-electron chi connectivity index (χ0n) is 7.34. The molecule has 0 aromatic rings. The van der Waals surface area contributed by atoms with Crippen molar-refractivity contribution in [2.75, 3.05) is 13.6 Å². The van der Waals surface area contributed by atoms with Gasteiger partial charge in [-0.1, -0.05) is 22.5 Å². The Morgan fingerprint density at radius 1 is 1.77 bits per heavy atom. The van der Waals surface area contributed by atoms with Gasteiger partial charge in [0.25, 0.3) is 0 Å². The van der Waals surface area contributed by atoms with Gasteiger partial charge in [0.05, 0.1) is 12.5 Å². The fourth-order valence-electron chi connectivity index (χ4n) is 1.15. The molecule has 1 aliphatic heterocycles. The summed E-state index contributed by atoms with van der Waals surface area (Å²) in [7, 11) is 1.50. The average molecular weight is 247 g/mol. The molecule has 0 bridgehead atoms. The number of carbonyl (C=O) groups is 2. The lowest BCUT2D eigenvalue weighted by atomic mass is 10.2. The van der Waals surface area contributed by atoms with Crippen molar-refractivity contribution in [3.8, 4) is 0 Å². The summed E-state index contributed by atoms with van der Waals surface area (Å²) in [5, 5.41) is 2.93. The number of nitrogens with zero attached hydrogens (tertiary/aromatic N) is 1. The number of halogens is 1. The highest BCUT2D eigenvalue weighted by Crippen LogP contribution is 2.11. The maximum absolute atomic E-state index is 11.3. The van der Waals surface area contributed by atoms with Gasteiger partial charge < -0.3 is 5.32 Å². The van der Waals surface area contributed by atoms with Crippen molar-refractivity contribution in [1.29, 1.82) is 0 Å². The molecule has 1 atom stereocenters. The second kappa shape index (κ2) is 4.02. The van der Waals surface area contributed by atoms with Crippen LogP contribution in [0, 0.1) is 0 Å². The van der Waals surface area contributed by atoms with Crippen LogP contribution in [0.15, 0.2) is 11.1 Å². The first-order valence-corrected chi connectivity index (χ1v) is 4.68. The molecule has 0 aliphatic carbocycles. The molecule has 1 N–H and O–H groups in total. The summed E-state index contributed by atoms with van der Waals surface area (Å²) in [5.74, 6) is -0.304. The predicted octanol–water partition coefficient (Wildman–Crippen LogP) is 0.242. The molecule has 13 heavy (non-hydrogen) atoms. The van der Waals surface area contributed by atoms with Crippen molar-refractivity contribution in [2.24, 2.45) is 0 Å². The van der Waals surface area contributed by atoms with Crippen LogP contribution < -0.4 is 5.32 Å². The SMILES string of the molecule is C=C(Br)CNC1CC(=O)N(C)C1=O. The normalized spacial score (nSPS) is 22.6. The van der Waals surface area contributed by atoms with E-state index in [-0.39, 0.29) is 24.3 Å². The molecule has 0 aromatic carbocycles. The van der Waals surface area contributed by atoms with Gasteiger partial charge in [-0.2, -0.15) is 0 Å². The average Bonchev–Trinajstić information content (AvgIpc) is 2.29. The molecule has 72 valence electrons. The number of hydrogen-bond acceptors (Lipinski definition) is 3. The lowest BCUT2D eigenvalue weighted by Crippen LogP contribution is -2.37. The van der Waals surface area contributed by atoms with Gasteiger partial charge in [0.2, 0.25) is 11.8 Å². The second-order valence-electron chi connectivity index (χ2n) is 2.95. The largest absolute Gasteiger partial charge is 0.301 e. The number of likely N-dealkylation sites (N-methyl/N-ethyl adjacent to an activating group) is 1. The van der Waals surface area contributed by atoms with Crippen LogP contribution in [-0.4, -0.2) is 36.3 Å². The van der Waals surface area contributed by atoms with Gasteiger partial charge in [-0.3, -0.25) is 14.5 Å². The molecule has 1 saturated heterocycles. The summed E-state index contributed by atoms with van der Waals surface area (Å²) < 4.78 is 0.766. The topological polar surface area (TPSA) is 49.4 Å². The Labute approximate surface area is 85.1 Å². The first-order chi connectivity index (χ1) is 6.02. The van der Waals surface area contributed by atoms with E-state index in [1.807, 2.05) is 0 Å². The van der Waals surface area contributed by atoms with Crippen LogP contribution in [0.2, 0.25) is 0 Å². The van der Waals surface area contributed by atoms with E-state index >= 15 is 0 Å². The molecule has 1 rings (SSSR count). The molecule has 5 heteroatoms. The summed E-state index contributed by atoms with van der Waals surface area (Å²) in [6.07, 6.45) is 0.246. The number of nitrogens with one attached hydrogen (secondary N) is 1. The van der Waals surface area contributed by atoms with Crippen LogP contribution in [0.1, 0.15) is 6.42 Å². The van der Waals surface area contributed by atoms with E-state index in [0.717, 1.165) is 9.38 Å². The molecule has 0 aromatic heterocycles. The van der Waals surface area contributed by atoms with Crippen LogP contribution in [0.4, 0.5) is 0 Å². The fourth-order valence-corrected chi connectivity index (χ4v) is 1.31. The number of imide groups is 1. The standard InChI is InChI=1S/C8H11BrN2O2/c1-5(9)4-10-6-3-7(12)11(2)8(6)13/h6,10H,1,3-4H2,2H3. The number of hydrogen-bond donors (Lipinski definition) is 1. The quantitative estimate of drug-likeness (QED) is 0.727. The fraction of sp³-hybridized carbons (Fsp3) is 0.500. The lowest BCUT2D eigenvalue weighted by molar-refractivity contribution is -0.137. The maximum Gasteiger partial charge on any atom is 0.246 e. The first-order valence-electron chi connectivity index (χ1n) is 3.89. The van der Waals surface area contributed by atoms with Crippen molar-refractivity contribution in [3.05, 3.63) is 11.1 Å². The highest BCUT2D eigenvalue weighted by molar-refractivity contribution is 9.11. The van der Waals surface area contributed by atoms with E-state index in [9.17, 15) is 9.59 Å². The molecular weight excluding hydrogens is 236 g/mol. The van der Waals surface area contributed by atoms with Gasteiger partial charge in [-0.05, 0) is 0 Å². The summed E-state index contributed by atoms with van der Waals surface area (Å²) in [4.78, 5) is 23.5. The Bertz CT molecular complexity index is 265. The van der Waals surface area contributed by atoms with Gasteiger partial charge in [-0.15, -0.1) is 0 Å². The monoisotopic (exact) mass is 246 g/mol. The van der Waals surface area contributed by atoms with E-state index < -0.39 is 0 Å². The van der Waals surface area contributed by atoms with Crippen LogP contribution >= 0.6 is 15.9 Å². The molecule has 0 radical (unpaired) electrons. The van der Waals surface area contributed by atoms with E-state index in [4.69, 9.17) is 0 Å². The number of likely N-dealkylation sites (tertiary alicyclic amines) is 1. The van der Waals surface area contributed by atoms with Gasteiger partial charge >= 0.3 is 0 Å². The third-order valence-corrected chi connectivity index (χ3v) is 2.20. The van der Waals surface area contributed by atoms with E-state index in [1.165, 1.54) is 7.05 Å². The minimum absolute atomic E-state index is 0.136. The third kappa shape index (κ3) is 2.38. The number of rotatable bonds is 3. The van der Waals surface area contributed by atoms with Gasteiger partial charge in [0, 0.05) is 18.1 Å². The van der Waals surface area contributed by atoms with Crippen LogP contribution in [0.25, 0.3) is 0 Å². The molecule has 0 saturated carbocycles. The first kappa shape index (κ1) is 10.4. The van der Waals surface area contributed by atoms with E-state index in [0.29, 0.717) is 6.54 Å². The van der Waals surface area contributed by atoms with Gasteiger partial charge in [0.15, 0.2) is 0 Å². The minimum Gasteiger partial charge on any atom is -0.301 e. The minimum atomic E-state index is -0.383. The van der Waals surface area contributed by atoms with Crippen molar-refractivity contribution in [1.82, 2.24) is 10.2 Å². The maximum atomic E-state index is 11.3. The van der Waals surface area contributed by atoms with Crippen LogP contribution in [-0.2, 0) is 9.59 Å². The molecular formula is C8H11BrN2O2. The van der Waals surface area contributed by atoms with Gasteiger partial charge in [-0.25, -0.2) is 0 Å². The number of carbonyl (C=O) groups excluding carboxylic acids is 2. The smallest absolute Gasteiger partial charge is 0.246 e. The lowest BCUT2D eigenvalue weighted by Gasteiger charge is -2.09. The van der Waals surface area contributed by atoms with Crippen molar-refractivity contribution in [2.45, 2.75) is 12.5 Å². The highest BCUT2D eigenvalue weighted by Gasteiger charge is 2.35. The predicted molar refractivity (Wildman–Crippen MR) is 52.3 cm³/mol. The van der Waals surface area contributed by atoms with Crippen LogP contribution in [0.3, 0.4) is 0 Å². The molecule has 2 amide bonds. The molecule has 0 spiro atoms. The molecule has 1 heterocycles. The van der Waals surface area contributed by atoms with Gasteiger partial charge in [0.1, 0.15) is 0 Å². The van der Waals surface area contributed by atoms with Crippen molar-refractivity contribution < 1.29 is 9.59 Å². The molecule has 1 unspecified atom stereocenters. The van der Waals surface area contributed by atoms with Crippen molar-refractivity contribution >= 4 is 27.7 Å². The third-order valence-electron chi connectivity index (χ3n) is 1.92. The second-order valence-corrected chi connectivity index (χ2v) is 4.07. The Balaban J connectivity index is 2.49. The Morgan fingerprint density at radius 2 is 2.38 bits per heavy atom. The Kier molecular flexibility index (Phi) is 3.22. The molecule has 1 aliphatic rings. The van der Waals surface area contributed by atoms with E-state index in [1.54, 1.807) is 0 Å². The number of amides is 2. The van der Waals surface area contributed by atoms with E-state index in [2.05, 4.69) is 27.8 Å². The summed E-state index contributed by atoms with van der Waals surface area (Å²) in [6, 6.07) is -0.383. The summed E-state index contributed by atoms with van der Waals surface area (Å²) in [6.45, 7) is 4.12. The Morgan fingerprint density at radius 3 is 2.77 bits per heavy atom. The molecule has 1 fully saturated rings. The summed E-state index contributed by atoms with van der Waals surface area (Å²) in [5.41, 5.74) is 0. The van der Waals surface area contributed by atoms with Crippen LogP contribution in [0.5, 0.6) is 0 Å². The molecule has 4 nitrogen and oxygen atoms in total. The zero-order chi connectivity index (χ0) is 10.0. The Hall–Kier alpha value is -0.680. The van der Waals surface area contributed by atoms with Crippen molar-refractivity contribution in [3.63, 3.8) is 0 Å².